The number of benzene rings is 1. The molecule has 2 aliphatic rings. The van der Waals surface area contributed by atoms with E-state index in [4.69, 9.17) is 0 Å². The van der Waals surface area contributed by atoms with Crippen LogP contribution < -0.4 is 0 Å². The van der Waals surface area contributed by atoms with E-state index in [1.165, 1.54) is 23.5 Å². The average Bonchev–Trinajstić information content (AvgIpc) is 3.24. The second kappa shape index (κ2) is 7.64. The van der Waals surface area contributed by atoms with Crippen LogP contribution in [0, 0.1) is 34.5 Å². The lowest BCUT2D eigenvalue weighted by Gasteiger charge is -2.26. The lowest BCUT2D eigenvalue weighted by atomic mass is 9.78. The van der Waals surface area contributed by atoms with Crippen LogP contribution in [0.2, 0.25) is 0 Å². The number of nitriles is 2. The van der Waals surface area contributed by atoms with Crippen molar-refractivity contribution in [3.05, 3.63) is 35.9 Å². The molecule has 124 valence electrons. The van der Waals surface area contributed by atoms with Gasteiger partial charge in [0.1, 0.15) is 11.8 Å². The molecular formula is C17H12N4O2S2. The van der Waals surface area contributed by atoms with Crippen LogP contribution in [0.1, 0.15) is 11.5 Å². The number of amides is 2. The van der Waals surface area contributed by atoms with E-state index in [9.17, 15) is 20.1 Å². The van der Waals surface area contributed by atoms with Crippen molar-refractivity contribution >= 4 is 45.4 Å². The molecule has 0 saturated carbocycles. The second-order valence-electron chi connectivity index (χ2n) is 5.41. The van der Waals surface area contributed by atoms with Crippen molar-refractivity contribution in [2.45, 2.75) is 5.92 Å². The molecule has 2 heterocycles. The topological polar surface area (TPSA) is 106 Å². The zero-order valence-corrected chi connectivity index (χ0v) is 14.6. The van der Waals surface area contributed by atoms with E-state index < -0.39 is 17.8 Å². The van der Waals surface area contributed by atoms with Gasteiger partial charge in [-0.15, -0.1) is 0 Å². The van der Waals surface area contributed by atoms with Gasteiger partial charge in [-0.3, -0.25) is 9.59 Å². The highest BCUT2D eigenvalue weighted by Gasteiger charge is 2.40. The normalized spacial score (nSPS) is 20.2. The summed E-state index contributed by atoms with van der Waals surface area (Å²) in [6.45, 7) is 0. The van der Waals surface area contributed by atoms with Gasteiger partial charge in [-0.05, 0) is 5.56 Å². The molecule has 0 aromatic heterocycles. The Morgan fingerprint density at radius 3 is 1.72 bits per heavy atom. The summed E-state index contributed by atoms with van der Waals surface area (Å²) in [6.07, 6.45) is 0. The Morgan fingerprint density at radius 1 is 0.880 bits per heavy atom. The first-order valence-corrected chi connectivity index (χ1v) is 9.43. The molecular weight excluding hydrogens is 356 g/mol. The van der Waals surface area contributed by atoms with Gasteiger partial charge in [0, 0.05) is 5.92 Å². The second-order valence-corrected chi connectivity index (χ2v) is 7.41. The summed E-state index contributed by atoms with van der Waals surface area (Å²) in [6, 6.07) is 13.6. The zero-order valence-electron chi connectivity index (χ0n) is 13.0. The van der Waals surface area contributed by atoms with Gasteiger partial charge in [-0.2, -0.15) is 10.5 Å². The number of hydrogen-bond acceptors (Lipinski definition) is 6. The number of aliphatic imine (C=N–C) groups is 2. The van der Waals surface area contributed by atoms with Crippen LogP contribution in [0.3, 0.4) is 0 Å². The monoisotopic (exact) mass is 368 g/mol. The van der Waals surface area contributed by atoms with Gasteiger partial charge in [-0.1, -0.05) is 53.9 Å². The molecule has 2 aliphatic heterocycles. The van der Waals surface area contributed by atoms with E-state index in [0.717, 1.165) is 5.56 Å². The maximum atomic E-state index is 11.5. The highest BCUT2D eigenvalue weighted by atomic mass is 32.2. The summed E-state index contributed by atoms with van der Waals surface area (Å²) in [5.41, 5.74) is 0.783. The van der Waals surface area contributed by atoms with Crippen LogP contribution >= 0.6 is 23.5 Å². The summed E-state index contributed by atoms with van der Waals surface area (Å²) >= 11 is 2.46. The molecule has 8 heteroatoms. The lowest BCUT2D eigenvalue weighted by Crippen LogP contribution is -2.28. The Bertz CT molecular complexity index is 800. The molecule has 0 radical (unpaired) electrons. The van der Waals surface area contributed by atoms with Crippen molar-refractivity contribution in [2.24, 2.45) is 21.8 Å². The SMILES string of the molecule is N#C[C@H](C1=NC(=O)CS1)C(c1ccccc1)[C@@H](C#N)C1=NC(=O)CS1. The van der Waals surface area contributed by atoms with Gasteiger partial charge in [-0.25, -0.2) is 9.98 Å². The van der Waals surface area contributed by atoms with Gasteiger partial charge < -0.3 is 0 Å². The van der Waals surface area contributed by atoms with E-state index in [0.29, 0.717) is 10.1 Å². The summed E-state index contributed by atoms with van der Waals surface area (Å²) in [5, 5.41) is 20.4. The highest BCUT2D eigenvalue weighted by molar-refractivity contribution is 8.15. The predicted molar refractivity (Wildman–Crippen MR) is 97.2 cm³/mol. The Kier molecular flexibility index (Phi) is 5.32. The number of thioether (sulfide) groups is 2. The molecule has 0 saturated heterocycles. The Balaban J connectivity index is 2.06. The third-order valence-electron chi connectivity index (χ3n) is 3.87. The summed E-state index contributed by atoms with van der Waals surface area (Å²) < 4.78 is 0. The Morgan fingerprint density at radius 2 is 1.36 bits per heavy atom. The summed E-state index contributed by atoms with van der Waals surface area (Å²) in [4.78, 5) is 31.0. The number of carbonyl (C=O) groups excluding carboxylic acids is 2. The van der Waals surface area contributed by atoms with Crippen molar-refractivity contribution in [3.8, 4) is 12.1 Å². The van der Waals surface area contributed by atoms with Crippen LogP contribution in [0.25, 0.3) is 0 Å². The molecule has 0 aliphatic carbocycles. The van der Waals surface area contributed by atoms with Gasteiger partial charge in [0.25, 0.3) is 11.8 Å². The first kappa shape index (κ1) is 17.4. The maximum absolute atomic E-state index is 11.5. The molecule has 3 rings (SSSR count). The standard InChI is InChI=1S/C17H12N4O2S2/c18-6-11(16-20-13(22)8-24-16)15(10-4-2-1-3-5-10)12(7-19)17-21-14(23)9-25-17/h1-5,11-12,15H,8-9H2/t11-,12+,15?. The van der Waals surface area contributed by atoms with Crippen LogP contribution in [0.5, 0.6) is 0 Å². The smallest absolute Gasteiger partial charge is 0.256 e. The Hall–Kier alpha value is -2.42. The van der Waals surface area contributed by atoms with Crippen molar-refractivity contribution in [1.29, 1.82) is 10.5 Å². The van der Waals surface area contributed by atoms with Crippen molar-refractivity contribution in [2.75, 3.05) is 11.5 Å². The minimum absolute atomic E-state index is 0.209. The molecule has 0 spiro atoms. The third-order valence-corrected chi connectivity index (χ3v) is 5.93. The first-order chi connectivity index (χ1) is 12.1. The van der Waals surface area contributed by atoms with Crippen molar-refractivity contribution in [3.63, 3.8) is 0 Å². The molecule has 0 bridgehead atoms. The molecule has 1 aromatic carbocycles. The number of nitrogens with zero attached hydrogens (tertiary/aromatic N) is 4. The highest BCUT2D eigenvalue weighted by Crippen LogP contribution is 2.40. The predicted octanol–water partition coefficient (Wildman–Crippen LogP) is 2.39. The first-order valence-electron chi connectivity index (χ1n) is 7.46. The molecule has 2 amide bonds. The third kappa shape index (κ3) is 3.65. The molecule has 0 N–H and O–H groups in total. The molecule has 0 fully saturated rings. The molecule has 3 atom stereocenters. The lowest BCUT2D eigenvalue weighted by molar-refractivity contribution is -0.116. The van der Waals surface area contributed by atoms with E-state index in [2.05, 4.69) is 22.1 Å². The Labute approximate surface area is 153 Å². The van der Waals surface area contributed by atoms with Gasteiger partial charge in [0.05, 0.1) is 33.7 Å². The van der Waals surface area contributed by atoms with Gasteiger partial charge >= 0.3 is 0 Å². The molecule has 6 nitrogen and oxygen atoms in total. The number of carbonyl (C=O) groups is 2. The quantitative estimate of drug-likeness (QED) is 0.790. The summed E-state index contributed by atoms with van der Waals surface area (Å²) in [5.74, 6) is -2.18. The fourth-order valence-electron chi connectivity index (χ4n) is 2.80. The van der Waals surface area contributed by atoms with Crippen molar-refractivity contribution < 1.29 is 9.59 Å². The van der Waals surface area contributed by atoms with E-state index in [-0.39, 0.29) is 23.3 Å². The minimum atomic E-state index is -0.748. The van der Waals surface area contributed by atoms with Crippen LogP contribution in [0.15, 0.2) is 40.3 Å². The van der Waals surface area contributed by atoms with Gasteiger partial charge in [0.15, 0.2) is 0 Å². The van der Waals surface area contributed by atoms with Crippen LogP contribution in [0.4, 0.5) is 0 Å². The molecule has 1 aromatic rings. The van der Waals surface area contributed by atoms with Crippen LogP contribution in [-0.4, -0.2) is 33.4 Å². The minimum Gasteiger partial charge on any atom is -0.272 e. The maximum Gasteiger partial charge on any atom is 0.256 e. The average molecular weight is 368 g/mol. The fourth-order valence-corrected chi connectivity index (χ4v) is 4.56. The number of hydrogen-bond donors (Lipinski definition) is 0. The number of rotatable bonds is 5. The molecule has 25 heavy (non-hydrogen) atoms. The van der Waals surface area contributed by atoms with Crippen LogP contribution in [-0.2, 0) is 9.59 Å². The van der Waals surface area contributed by atoms with E-state index in [1.807, 2.05) is 30.3 Å². The van der Waals surface area contributed by atoms with E-state index >= 15 is 0 Å². The largest absolute Gasteiger partial charge is 0.272 e. The van der Waals surface area contributed by atoms with Crippen molar-refractivity contribution in [1.82, 2.24) is 0 Å². The van der Waals surface area contributed by atoms with E-state index in [1.54, 1.807) is 0 Å². The van der Waals surface area contributed by atoms with Gasteiger partial charge in [0.2, 0.25) is 0 Å². The fraction of sp³-hybridized carbons (Fsp3) is 0.294. The zero-order chi connectivity index (χ0) is 17.8. The molecule has 1 unspecified atom stereocenters. The summed E-state index contributed by atoms with van der Waals surface area (Å²) in [7, 11) is 0.